The van der Waals surface area contributed by atoms with Gasteiger partial charge in [0.25, 0.3) is 0 Å². The van der Waals surface area contributed by atoms with Crippen LogP contribution in [-0.2, 0) is 14.3 Å². The van der Waals surface area contributed by atoms with E-state index in [1.54, 1.807) is 0 Å². The standard InChI is InChI=1S/C12H22O3.2C2H6/c1-3-10(9-12(13)14-2)15-11-7-5-4-6-8-11;2*1-2/h10-11H,3-9H2,1-2H3;2*1-2H3. The lowest BCUT2D eigenvalue weighted by molar-refractivity contribution is -0.145. The van der Waals surface area contributed by atoms with Crippen molar-refractivity contribution in [2.24, 2.45) is 0 Å². The predicted octanol–water partition coefficient (Wildman–Crippen LogP) is 4.73. The van der Waals surface area contributed by atoms with Crippen LogP contribution in [0.1, 0.15) is 79.6 Å². The first kappa shape index (κ1) is 20.7. The van der Waals surface area contributed by atoms with E-state index in [9.17, 15) is 4.79 Å². The summed E-state index contributed by atoms with van der Waals surface area (Å²) < 4.78 is 10.6. The Morgan fingerprint density at radius 3 is 2.05 bits per heavy atom. The molecule has 0 spiro atoms. The summed E-state index contributed by atoms with van der Waals surface area (Å²) in [5.74, 6) is -0.169. The molecule has 1 aliphatic rings. The molecule has 0 saturated heterocycles. The Kier molecular flexibility index (Phi) is 16.9. The van der Waals surface area contributed by atoms with Crippen molar-refractivity contribution < 1.29 is 14.3 Å². The maximum Gasteiger partial charge on any atom is 0.308 e. The van der Waals surface area contributed by atoms with Crippen LogP contribution in [0.2, 0.25) is 0 Å². The fourth-order valence-electron chi connectivity index (χ4n) is 2.03. The van der Waals surface area contributed by atoms with Crippen LogP contribution >= 0.6 is 0 Å². The van der Waals surface area contributed by atoms with Gasteiger partial charge in [-0.3, -0.25) is 4.79 Å². The summed E-state index contributed by atoms with van der Waals surface area (Å²) in [6, 6.07) is 0. The molecule has 0 aliphatic heterocycles. The molecule has 1 rings (SSSR count). The molecule has 0 aromatic rings. The zero-order chi connectivity index (χ0) is 15.1. The molecule has 1 atom stereocenters. The second-order valence-corrected chi connectivity index (χ2v) is 4.21. The Morgan fingerprint density at radius 2 is 1.63 bits per heavy atom. The molecule has 3 nitrogen and oxygen atoms in total. The molecule has 116 valence electrons. The molecular formula is C16H34O3. The third-order valence-corrected chi connectivity index (χ3v) is 3.01. The lowest BCUT2D eigenvalue weighted by Gasteiger charge is -2.26. The number of methoxy groups -OCH3 is 1. The third-order valence-electron chi connectivity index (χ3n) is 3.01. The van der Waals surface area contributed by atoms with E-state index in [-0.39, 0.29) is 12.1 Å². The minimum atomic E-state index is -0.169. The van der Waals surface area contributed by atoms with Gasteiger partial charge in [0.05, 0.1) is 25.7 Å². The van der Waals surface area contributed by atoms with Gasteiger partial charge in [-0.2, -0.15) is 0 Å². The second-order valence-electron chi connectivity index (χ2n) is 4.21. The maximum absolute atomic E-state index is 11.1. The van der Waals surface area contributed by atoms with Crippen molar-refractivity contribution in [3.05, 3.63) is 0 Å². The lowest BCUT2D eigenvalue weighted by Crippen LogP contribution is -2.26. The van der Waals surface area contributed by atoms with E-state index in [0.29, 0.717) is 12.5 Å². The molecule has 1 aliphatic carbocycles. The molecule has 0 radical (unpaired) electrons. The summed E-state index contributed by atoms with van der Waals surface area (Å²) in [5, 5.41) is 0. The number of hydrogen-bond donors (Lipinski definition) is 0. The van der Waals surface area contributed by atoms with Crippen LogP contribution in [0, 0.1) is 0 Å². The van der Waals surface area contributed by atoms with E-state index in [1.807, 2.05) is 27.7 Å². The van der Waals surface area contributed by atoms with Gasteiger partial charge in [0, 0.05) is 0 Å². The molecule has 3 heteroatoms. The second kappa shape index (κ2) is 15.5. The molecule has 1 saturated carbocycles. The van der Waals surface area contributed by atoms with Crippen molar-refractivity contribution in [2.75, 3.05) is 7.11 Å². The first-order chi connectivity index (χ1) is 9.26. The minimum absolute atomic E-state index is 0.0422. The molecule has 0 amide bonds. The summed E-state index contributed by atoms with van der Waals surface area (Å²) in [4.78, 5) is 11.1. The van der Waals surface area contributed by atoms with Gasteiger partial charge in [-0.15, -0.1) is 0 Å². The van der Waals surface area contributed by atoms with Crippen LogP contribution < -0.4 is 0 Å². The number of hydrogen-bond acceptors (Lipinski definition) is 3. The number of carbonyl (C=O) groups is 1. The predicted molar refractivity (Wildman–Crippen MR) is 81.4 cm³/mol. The fraction of sp³-hybridized carbons (Fsp3) is 0.938. The molecule has 0 N–H and O–H groups in total. The summed E-state index contributed by atoms with van der Waals surface area (Å²) in [6.45, 7) is 10.1. The summed E-state index contributed by atoms with van der Waals surface area (Å²) >= 11 is 0. The highest BCUT2D eigenvalue weighted by Crippen LogP contribution is 2.23. The van der Waals surface area contributed by atoms with Gasteiger partial charge in [-0.05, 0) is 19.3 Å². The number of esters is 1. The molecular weight excluding hydrogens is 240 g/mol. The quantitative estimate of drug-likeness (QED) is 0.680. The Morgan fingerprint density at radius 1 is 1.11 bits per heavy atom. The topological polar surface area (TPSA) is 35.5 Å². The minimum Gasteiger partial charge on any atom is -0.469 e. The Labute approximate surface area is 120 Å². The van der Waals surface area contributed by atoms with Crippen molar-refractivity contribution in [1.29, 1.82) is 0 Å². The van der Waals surface area contributed by atoms with Crippen LogP contribution in [-0.4, -0.2) is 25.3 Å². The van der Waals surface area contributed by atoms with Gasteiger partial charge >= 0.3 is 5.97 Å². The molecule has 19 heavy (non-hydrogen) atoms. The van der Waals surface area contributed by atoms with E-state index in [0.717, 1.165) is 19.3 Å². The maximum atomic E-state index is 11.1. The third kappa shape index (κ3) is 11.0. The Hall–Kier alpha value is -0.570. The van der Waals surface area contributed by atoms with Crippen molar-refractivity contribution in [1.82, 2.24) is 0 Å². The van der Waals surface area contributed by atoms with Crippen LogP contribution in [0.4, 0.5) is 0 Å². The fourth-order valence-corrected chi connectivity index (χ4v) is 2.03. The van der Waals surface area contributed by atoms with Crippen LogP contribution in [0.25, 0.3) is 0 Å². The van der Waals surface area contributed by atoms with Crippen LogP contribution in [0.15, 0.2) is 0 Å². The summed E-state index contributed by atoms with van der Waals surface area (Å²) in [5.41, 5.74) is 0. The van der Waals surface area contributed by atoms with E-state index >= 15 is 0 Å². The SMILES string of the molecule is CC.CC.CCC(CC(=O)OC)OC1CCCCC1. The van der Waals surface area contributed by atoms with E-state index in [4.69, 9.17) is 4.74 Å². The first-order valence-electron chi connectivity index (χ1n) is 7.98. The van der Waals surface area contributed by atoms with Crippen molar-refractivity contribution in [3.63, 3.8) is 0 Å². The van der Waals surface area contributed by atoms with Crippen molar-refractivity contribution >= 4 is 5.97 Å². The van der Waals surface area contributed by atoms with Gasteiger partial charge in [0.2, 0.25) is 0 Å². The van der Waals surface area contributed by atoms with E-state index < -0.39 is 0 Å². The number of carbonyl (C=O) groups excluding carboxylic acids is 1. The number of ether oxygens (including phenoxy) is 2. The van der Waals surface area contributed by atoms with Gasteiger partial charge in [-0.1, -0.05) is 53.9 Å². The molecule has 0 bridgehead atoms. The molecule has 0 heterocycles. The smallest absolute Gasteiger partial charge is 0.308 e. The van der Waals surface area contributed by atoms with E-state index in [2.05, 4.69) is 11.7 Å². The monoisotopic (exact) mass is 274 g/mol. The van der Waals surface area contributed by atoms with Crippen LogP contribution in [0.5, 0.6) is 0 Å². The number of rotatable bonds is 5. The van der Waals surface area contributed by atoms with Crippen molar-refractivity contribution in [3.8, 4) is 0 Å². The highest BCUT2D eigenvalue weighted by molar-refractivity contribution is 5.69. The largest absolute Gasteiger partial charge is 0.469 e. The molecule has 1 fully saturated rings. The Bertz CT molecular complexity index is 186. The zero-order valence-electron chi connectivity index (χ0n) is 13.8. The van der Waals surface area contributed by atoms with E-state index in [1.165, 1.54) is 26.4 Å². The molecule has 1 unspecified atom stereocenters. The molecule has 0 aromatic heterocycles. The normalized spacial score (nSPS) is 16.3. The van der Waals surface area contributed by atoms with Gasteiger partial charge < -0.3 is 9.47 Å². The van der Waals surface area contributed by atoms with Crippen molar-refractivity contribution in [2.45, 2.75) is 91.8 Å². The molecule has 0 aromatic carbocycles. The average Bonchev–Trinajstić information content (AvgIpc) is 2.51. The van der Waals surface area contributed by atoms with Gasteiger partial charge in [0.1, 0.15) is 0 Å². The van der Waals surface area contributed by atoms with Gasteiger partial charge in [0.15, 0.2) is 0 Å². The summed E-state index contributed by atoms with van der Waals surface area (Å²) in [6.07, 6.45) is 7.84. The van der Waals surface area contributed by atoms with Gasteiger partial charge in [-0.25, -0.2) is 0 Å². The average molecular weight is 274 g/mol. The summed E-state index contributed by atoms with van der Waals surface area (Å²) in [7, 11) is 1.43. The lowest BCUT2D eigenvalue weighted by atomic mass is 9.97. The first-order valence-corrected chi connectivity index (χ1v) is 7.98. The van der Waals surface area contributed by atoms with Crippen LogP contribution in [0.3, 0.4) is 0 Å². The zero-order valence-corrected chi connectivity index (χ0v) is 13.8. The Balaban J connectivity index is 0. The highest BCUT2D eigenvalue weighted by atomic mass is 16.5. The highest BCUT2D eigenvalue weighted by Gasteiger charge is 2.20.